The molecule has 4 heteroatoms. The summed E-state index contributed by atoms with van der Waals surface area (Å²) in [6.45, 7) is 0. The molecule has 0 radical (unpaired) electrons. The van der Waals surface area contributed by atoms with Gasteiger partial charge in [0, 0.05) is 12.1 Å². The third-order valence-corrected chi connectivity index (χ3v) is 5.05. The molecule has 2 atom stereocenters. The van der Waals surface area contributed by atoms with E-state index in [9.17, 15) is 5.11 Å². The number of benzene rings is 1. The predicted molar refractivity (Wildman–Crippen MR) is 77.2 cm³/mol. The number of hydrogen-bond donors (Lipinski definition) is 1. The van der Waals surface area contributed by atoms with Gasteiger partial charge in [0.1, 0.15) is 0 Å². The number of methoxy groups -OCH3 is 2. The molecule has 0 amide bonds. The zero-order chi connectivity index (χ0) is 14.3. The molecule has 0 aliphatic carbocycles. The number of fused-ring (bicyclic) bond motifs is 2. The van der Waals surface area contributed by atoms with Crippen molar-refractivity contribution in [3.8, 4) is 11.5 Å². The van der Waals surface area contributed by atoms with Crippen LogP contribution >= 0.6 is 0 Å². The Kier molecular flexibility index (Phi) is 3.38. The summed E-state index contributed by atoms with van der Waals surface area (Å²) in [5.74, 6) is 1.39. The van der Waals surface area contributed by atoms with Crippen LogP contribution in [0.15, 0.2) is 18.2 Å². The zero-order valence-electron chi connectivity index (χ0n) is 12.4. The lowest BCUT2D eigenvalue weighted by Crippen LogP contribution is -2.47. The van der Waals surface area contributed by atoms with Gasteiger partial charge >= 0.3 is 0 Å². The van der Waals surface area contributed by atoms with E-state index in [1.54, 1.807) is 14.2 Å². The average molecular weight is 277 g/mol. The normalized spacial score (nSPS) is 33.2. The fourth-order valence-electron chi connectivity index (χ4n) is 3.81. The summed E-state index contributed by atoms with van der Waals surface area (Å²) < 4.78 is 10.6. The monoisotopic (exact) mass is 277 g/mol. The highest BCUT2D eigenvalue weighted by Crippen LogP contribution is 2.46. The standard InChI is InChI=1S/C16H23NO3/c1-17-12-5-6-13(17)10-16(18,9-12)11-4-7-14(19-2)15(8-11)20-3/h4,7-8,12-13,18H,5-6,9-10H2,1-3H3. The predicted octanol–water partition coefficient (Wildman–Crippen LogP) is 2.15. The van der Waals surface area contributed by atoms with Crippen LogP contribution in [0.4, 0.5) is 0 Å². The van der Waals surface area contributed by atoms with E-state index in [0.717, 1.165) is 18.4 Å². The van der Waals surface area contributed by atoms with Crippen LogP contribution in [0.1, 0.15) is 31.2 Å². The molecular weight excluding hydrogens is 254 g/mol. The highest BCUT2D eigenvalue weighted by molar-refractivity contribution is 5.45. The number of aliphatic hydroxyl groups is 1. The lowest BCUT2D eigenvalue weighted by molar-refractivity contribution is -0.0494. The van der Waals surface area contributed by atoms with Crippen molar-refractivity contribution >= 4 is 0 Å². The summed E-state index contributed by atoms with van der Waals surface area (Å²) in [6, 6.07) is 6.75. The number of nitrogens with zero attached hydrogens (tertiary/aromatic N) is 1. The van der Waals surface area contributed by atoms with Crippen molar-refractivity contribution in [3.63, 3.8) is 0 Å². The minimum Gasteiger partial charge on any atom is -0.493 e. The average Bonchev–Trinajstić information content (AvgIpc) is 2.69. The summed E-state index contributed by atoms with van der Waals surface area (Å²) in [5.41, 5.74) is 0.206. The Labute approximate surface area is 120 Å². The zero-order valence-corrected chi connectivity index (χ0v) is 12.4. The second-order valence-electron chi connectivity index (χ2n) is 6.06. The van der Waals surface area contributed by atoms with Gasteiger partial charge in [0.05, 0.1) is 19.8 Å². The maximum Gasteiger partial charge on any atom is 0.161 e. The van der Waals surface area contributed by atoms with Gasteiger partial charge in [0.25, 0.3) is 0 Å². The van der Waals surface area contributed by atoms with E-state index in [-0.39, 0.29) is 0 Å². The first kappa shape index (κ1) is 13.7. The van der Waals surface area contributed by atoms with E-state index in [2.05, 4.69) is 11.9 Å². The van der Waals surface area contributed by atoms with Crippen LogP contribution in [-0.4, -0.2) is 43.4 Å². The van der Waals surface area contributed by atoms with Crippen molar-refractivity contribution in [2.75, 3.05) is 21.3 Å². The van der Waals surface area contributed by atoms with Crippen molar-refractivity contribution in [1.29, 1.82) is 0 Å². The molecule has 2 aliphatic rings. The van der Waals surface area contributed by atoms with Gasteiger partial charge < -0.3 is 19.5 Å². The van der Waals surface area contributed by atoms with Gasteiger partial charge in [-0.25, -0.2) is 0 Å². The van der Waals surface area contributed by atoms with Gasteiger partial charge in [-0.3, -0.25) is 0 Å². The fraction of sp³-hybridized carbons (Fsp3) is 0.625. The van der Waals surface area contributed by atoms with Crippen molar-refractivity contribution in [2.24, 2.45) is 0 Å². The second-order valence-corrected chi connectivity index (χ2v) is 6.06. The molecule has 4 nitrogen and oxygen atoms in total. The quantitative estimate of drug-likeness (QED) is 0.919. The van der Waals surface area contributed by atoms with Gasteiger partial charge in [-0.1, -0.05) is 6.07 Å². The first-order valence-electron chi connectivity index (χ1n) is 7.24. The molecule has 2 aliphatic heterocycles. The second kappa shape index (κ2) is 4.93. The third-order valence-electron chi connectivity index (χ3n) is 5.05. The molecule has 1 N–H and O–H groups in total. The van der Waals surface area contributed by atoms with Crippen LogP contribution in [0.3, 0.4) is 0 Å². The molecule has 0 saturated carbocycles. The van der Waals surface area contributed by atoms with Crippen LogP contribution < -0.4 is 9.47 Å². The molecule has 2 heterocycles. The summed E-state index contributed by atoms with van der Waals surface area (Å²) in [7, 11) is 5.43. The maximum atomic E-state index is 11.1. The minimum atomic E-state index is -0.738. The molecule has 0 aromatic heterocycles. The Morgan fingerprint density at radius 2 is 1.70 bits per heavy atom. The van der Waals surface area contributed by atoms with Gasteiger partial charge in [0.2, 0.25) is 0 Å². The molecule has 2 fully saturated rings. The van der Waals surface area contributed by atoms with Gasteiger partial charge in [0.15, 0.2) is 11.5 Å². The van der Waals surface area contributed by atoms with E-state index in [4.69, 9.17) is 9.47 Å². The Morgan fingerprint density at radius 1 is 1.10 bits per heavy atom. The fourth-order valence-corrected chi connectivity index (χ4v) is 3.81. The molecule has 1 aromatic rings. The SMILES string of the molecule is COc1ccc(C2(O)CC3CCC(C2)N3C)cc1OC. The Balaban J connectivity index is 1.92. The van der Waals surface area contributed by atoms with Crippen LogP contribution in [-0.2, 0) is 5.60 Å². The van der Waals surface area contributed by atoms with Crippen LogP contribution in [0.2, 0.25) is 0 Å². The smallest absolute Gasteiger partial charge is 0.161 e. The van der Waals surface area contributed by atoms with E-state index >= 15 is 0 Å². The minimum absolute atomic E-state index is 0.492. The Bertz CT molecular complexity index is 488. The molecule has 2 saturated heterocycles. The molecule has 2 unspecified atom stereocenters. The highest BCUT2D eigenvalue weighted by atomic mass is 16.5. The summed E-state index contributed by atoms with van der Waals surface area (Å²) >= 11 is 0. The van der Waals surface area contributed by atoms with E-state index in [1.807, 2.05) is 18.2 Å². The Hall–Kier alpha value is -1.26. The number of ether oxygens (including phenoxy) is 2. The number of piperidine rings is 1. The topological polar surface area (TPSA) is 41.9 Å². The number of hydrogen-bond acceptors (Lipinski definition) is 4. The molecular formula is C16H23NO3. The summed E-state index contributed by atoms with van der Waals surface area (Å²) in [6.07, 6.45) is 3.98. The van der Waals surface area contributed by atoms with Crippen molar-refractivity contribution in [2.45, 2.75) is 43.4 Å². The van der Waals surface area contributed by atoms with Crippen LogP contribution in [0, 0.1) is 0 Å². The highest BCUT2D eigenvalue weighted by Gasteiger charge is 2.46. The lowest BCUT2D eigenvalue weighted by atomic mass is 9.80. The van der Waals surface area contributed by atoms with E-state index in [0.29, 0.717) is 23.6 Å². The third kappa shape index (κ3) is 2.07. The van der Waals surface area contributed by atoms with Crippen molar-refractivity contribution < 1.29 is 14.6 Å². The molecule has 110 valence electrons. The molecule has 20 heavy (non-hydrogen) atoms. The van der Waals surface area contributed by atoms with Crippen molar-refractivity contribution in [3.05, 3.63) is 23.8 Å². The van der Waals surface area contributed by atoms with Gasteiger partial charge in [-0.15, -0.1) is 0 Å². The molecule has 1 aromatic carbocycles. The van der Waals surface area contributed by atoms with Crippen molar-refractivity contribution in [1.82, 2.24) is 4.90 Å². The maximum absolute atomic E-state index is 11.1. The van der Waals surface area contributed by atoms with Crippen LogP contribution in [0.25, 0.3) is 0 Å². The number of rotatable bonds is 3. The van der Waals surface area contributed by atoms with Crippen LogP contribution in [0.5, 0.6) is 11.5 Å². The van der Waals surface area contributed by atoms with E-state index < -0.39 is 5.60 Å². The van der Waals surface area contributed by atoms with Gasteiger partial charge in [-0.2, -0.15) is 0 Å². The van der Waals surface area contributed by atoms with E-state index in [1.165, 1.54) is 12.8 Å². The summed E-state index contributed by atoms with van der Waals surface area (Å²) in [4.78, 5) is 2.43. The molecule has 3 rings (SSSR count). The Morgan fingerprint density at radius 3 is 2.25 bits per heavy atom. The first-order chi connectivity index (χ1) is 9.57. The summed E-state index contributed by atoms with van der Waals surface area (Å²) in [5, 5.41) is 11.1. The van der Waals surface area contributed by atoms with Gasteiger partial charge in [-0.05, 0) is 50.4 Å². The molecule has 0 spiro atoms. The first-order valence-corrected chi connectivity index (χ1v) is 7.24. The lowest BCUT2D eigenvalue weighted by Gasteiger charge is -2.42. The molecule has 2 bridgehead atoms. The largest absolute Gasteiger partial charge is 0.493 e.